The van der Waals surface area contributed by atoms with Gasteiger partial charge in [-0.1, -0.05) is 12.1 Å². The van der Waals surface area contributed by atoms with E-state index < -0.39 is 11.8 Å². The number of amides is 2. The predicted molar refractivity (Wildman–Crippen MR) is 85.7 cm³/mol. The van der Waals surface area contributed by atoms with Gasteiger partial charge in [0.1, 0.15) is 0 Å². The van der Waals surface area contributed by atoms with Gasteiger partial charge in [-0.3, -0.25) is 9.59 Å². The Morgan fingerprint density at radius 3 is 2.48 bits per heavy atom. The van der Waals surface area contributed by atoms with Crippen molar-refractivity contribution in [1.29, 1.82) is 0 Å². The van der Waals surface area contributed by atoms with Crippen LogP contribution in [0.5, 0.6) is 11.5 Å². The summed E-state index contributed by atoms with van der Waals surface area (Å²) in [7, 11) is 0. The molecule has 2 aromatic carbocycles. The number of hydrogen-bond acceptors (Lipinski definition) is 4. The lowest BCUT2D eigenvalue weighted by atomic mass is 10.1. The van der Waals surface area contributed by atoms with Crippen LogP contribution in [-0.2, 0) is 9.59 Å². The third-order valence-electron chi connectivity index (χ3n) is 3.48. The van der Waals surface area contributed by atoms with E-state index in [1.54, 1.807) is 18.2 Å². The Kier molecular flexibility index (Phi) is 3.89. The second kappa shape index (κ2) is 6.00. The van der Waals surface area contributed by atoms with Gasteiger partial charge in [0, 0.05) is 17.4 Å². The number of carbonyl (C=O) groups excluding carboxylic acids is 2. The first-order chi connectivity index (χ1) is 11.0. The normalized spacial score (nSPS) is 11.9. The molecule has 0 aliphatic carbocycles. The summed E-state index contributed by atoms with van der Waals surface area (Å²) in [6, 6.07) is 10.6. The SMILES string of the molecule is Cc1ccc(C)c(NC(=O)C(=O)Nc2ccc3c(c2)OCO3)c1. The quantitative estimate of drug-likeness (QED) is 0.836. The predicted octanol–water partition coefficient (Wildman–Crippen LogP) is 2.61. The van der Waals surface area contributed by atoms with Crippen molar-refractivity contribution in [1.82, 2.24) is 0 Å². The fourth-order valence-electron chi connectivity index (χ4n) is 2.21. The molecule has 2 aromatic rings. The molecule has 0 unspecified atom stereocenters. The Morgan fingerprint density at radius 2 is 1.65 bits per heavy atom. The first kappa shape index (κ1) is 14.9. The number of aryl methyl sites for hydroxylation is 2. The molecule has 23 heavy (non-hydrogen) atoms. The summed E-state index contributed by atoms with van der Waals surface area (Å²) in [5, 5.41) is 5.16. The van der Waals surface area contributed by atoms with Crippen LogP contribution >= 0.6 is 0 Å². The maximum absolute atomic E-state index is 12.0. The fraction of sp³-hybridized carbons (Fsp3) is 0.176. The van der Waals surface area contributed by atoms with Crippen molar-refractivity contribution in [2.75, 3.05) is 17.4 Å². The van der Waals surface area contributed by atoms with E-state index in [0.29, 0.717) is 22.9 Å². The van der Waals surface area contributed by atoms with Gasteiger partial charge in [-0.15, -0.1) is 0 Å². The van der Waals surface area contributed by atoms with Gasteiger partial charge >= 0.3 is 11.8 Å². The zero-order valence-corrected chi connectivity index (χ0v) is 12.8. The number of fused-ring (bicyclic) bond motifs is 1. The third kappa shape index (κ3) is 3.26. The number of hydrogen-bond donors (Lipinski definition) is 2. The Hall–Kier alpha value is -3.02. The largest absolute Gasteiger partial charge is 0.454 e. The minimum absolute atomic E-state index is 0.153. The molecular formula is C17H16N2O4. The average Bonchev–Trinajstić information content (AvgIpc) is 2.98. The van der Waals surface area contributed by atoms with E-state index in [1.807, 2.05) is 32.0 Å². The number of ether oxygens (including phenoxy) is 2. The fourth-order valence-corrected chi connectivity index (χ4v) is 2.21. The Labute approximate surface area is 133 Å². The molecule has 6 nitrogen and oxygen atoms in total. The minimum atomic E-state index is -0.746. The molecular weight excluding hydrogens is 296 g/mol. The molecule has 0 saturated carbocycles. The number of benzene rings is 2. The molecule has 0 fully saturated rings. The molecule has 6 heteroatoms. The second-order valence-corrected chi connectivity index (χ2v) is 5.29. The molecule has 0 atom stereocenters. The second-order valence-electron chi connectivity index (χ2n) is 5.29. The van der Waals surface area contributed by atoms with Crippen molar-refractivity contribution in [3.63, 3.8) is 0 Å². The molecule has 118 valence electrons. The van der Waals surface area contributed by atoms with Crippen LogP contribution in [0.15, 0.2) is 36.4 Å². The zero-order chi connectivity index (χ0) is 16.4. The molecule has 2 amide bonds. The van der Waals surface area contributed by atoms with E-state index in [0.717, 1.165) is 11.1 Å². The van der Waals surface area contributed by atoms with Gasteiger partial charge in [-0.2, -0.15) is 0 Å². The van der Waals surface area contributed by atoms with Gasteiger partial charge in [-0.05, 0) is 43.2 Å². The molecule has 1 heterocycles. The van der Waals surface area contributed by atoms with Crippen molar-refractivity contribution in [3.05, 3.63) is 47.5 Å². The summed E-state index contributed by atoms with van der Waals surface area (Å²) >= 11 is 0. The number of rotatable bonds is 2. The molecule has 0 spiro atoms. The highest BCUT2D eigenvalue weighted by molar-refractivity contribution is 6.43. The van der Waals surface area contributed by atoms with Gasteiger partial charge in [0.2, 0.25) is 6.79 Å². The Balaban J connectivity index is 1.68. The lowest BCUT2D eigenvalue weighted by Gasteiger charge is -2.10. The minimum Gasteiger partial charge on any atom is -0.454 e. The van der Waals surface area contributed by atoms with Crippen LogP contribution in [-0.4, -0.2) is 18.6 Å². The Bertz CT molecular complexity index is 786. The summed E-state index contributed by atoms with van der Waals surface area (Å²) < 4.78 is 10.4. The number of anilines is 2. The van der Waals surface area contributed by atoms with Crippen LogP contribution in [0, 0.1) is 13.8 Å². The molecule has 0 bridgehead atoms. The van der Waals surface area contributed by atoms with Gasteiger partial charge < -0.3 is 20.1 Å². The van der Waals surface area contributed by atoms with Crippen molar-refractivity contribution in [3.8, 4) is 11.5 Å². The standard InChI is InChI=1S/C17H16N2O4/c1-10-3-4-11(2)13(7-10)19-17(21)16(20)18-12-5-6-14-15(8-12)23-9-22-14/h3-8H,9H2,1-2H3,(H,18,20)(H,19,21). The topological polar surface area (TPSA) is 76.7 Å². The summed E-state index contributed by atoms with van der Waals surface area (Å²) in [6.45, 7) is 3.94. The van der Waals surface area contributed by atoms with Gasteiger partial charge in [0.25, 0.3) is 0 Å². The van der Waals surface area contributed by atoms with Crippen LogP contribution in [0.2, 0.25) is 0 Å². The van der Waals surface area contributed by atoms with E-state index in [1.165, 1.54) is 0 Å². The van der Waals surface area contributed by atoms with E-state index in [2.05, 4.69) is 10.6 Å². The Morgan fingerprint density at radius 1 is 0.913 bits per heavy atom. The average molecular weight is 312 g/mol. The summed E-state index contributed by atoms with van der Waals surface area (Å²) in [6.07, 6.45) is 0. The lowest BCUT2D eigenvalue weighted by Crippen LogP contribution is -2.29. The molecule has 1 aliphatic heterocycles. The van der Waals surface area contributed by atoms with Crippen molar-refractivity contribution >= 4 is 23.2 Å². The summed E-state index contributed by atoms with van der Waals surface area (Å²) in [5.74, 6) is -0.318. The lowest BCUT2D eigenvalue weighted by molar-refractivity contribution is -0.133. The smallest absolute Gasteiger partial charge is 0.314 e. The van der Waals surface area contributed by atoms with Gasteiger partial charge in [0.15, 0.2) is 11.5 Å². The van der Waals surface area contributed by atoms with E-state index in [-0.39, 0.29) is 6.79 Å². The number of carbonyl (C=O) groups is 2. The highest BCUT2D eigenvalue weighted by Gasteiger charge is 2.18. The zero-order valence-electron chi connectivity index (χ0n) is 12.8. The third-order valence-corrected chi connectivity index (χ3v) is 3.48. The van der Waals surface area contributed by atoms with Crippen LogP contribution in [0.3, 0.4) is 0 Å². The van der Waals surface area contributed by atoms with Crippen molar-refractivity contribution < 1.29 is 19.1 Å². The molecule has 1 aliphatic rings. The van der Waals surface area contributed by atoms with Crippen LogP contribution < -0.4 is 20.1 Å². The van der Waals surface area contributed by atoms with E-state index in [4.69, 9.17) is 9.47 Å². The first-order valence-electron chi connectivity index (χ1n) is 7.12. The van der Waals surface area contributed by atoms with Crippen LogP contribution in [0.4, 0.5) is 11.4 Å². The maximum atomic E-state index is 12.0. The summed E-state index contributed by atoms with van der Waals surface area (Å²) in [4.78, 5) is 24.1. The highest BCUT2D eigenvalue weighted by Crippen LogP contribution is 2.34. The molecule has 3 rings (SSSR count). The van der Waals surface area contributed by atoms with Gasteiger partial charge in [-0.25, -0.2) is 0 Å². The van der Waals surface area contributed by atoms with Crippen molar-refractivity contribution in [2.24, 2.45) is 0 Å². The van der Waals surface area contributed by atoms with Crippen LogP contribution in [0.1, 0.15) is 11.1 Å². The van der Waals surface area contributed by atoms with Gasteiger partial charge in [0.05, 0.1) is 0 Å². The monoisotopic (exact) mass is 312 g/mol. The molecule has 0 saturated heterocycles. The van der Waals surface area contributed by atoms with Crippen molar-refractivity contribution in [2.45, 2.75) is 13.8 Å². The summed E-state index contributed by atoms with van der Waals surface area (Å²) in [5.41, 5.74) is 2.98. The van der Waals surface area contributed by atoms with Crippen LogP contribution in [0.25, 0.3) is 0 Å². The first-order valence-corrected chi connectivity index (χ1v) is 7.12. The number of nitrogens with one attached hydrogen (secondary N) is 2. The molecule has 0 aromatic heterocycles. The highest BCUT2D eigenvalue weighted by atomic mass is 16.7. The molecule has 2 N–H and O–H groups in total. The van der Waals surface area contributed by atoms with E-state index in [9.17, 15) is 9.59 Å². The maximum Gasteiger partial charge on any atom is 0.314 e. The van der Waals surface area contributed by atoms with E-state index >= 15 is 0 Å². The molecule has 0 radical (unpaired) electrons.